The lowest BCUT2D eigenvalue weighted by atomic mass is 9.98. The zero-order valence-electron chi connectivity index (χ0n) is 17.1. The molecule has 30 heavy (non-hydrogen) atoms. The van der Waals surface area contributed by atoms with Crippen molar-refractivity contribution < 1.29 is 14.1 Å². The van der Waals surface area contributed by atoms with Crippen molar-refractivity contribution >= 4 is 17.8 Å². The average molecular weight is 403 g/mol. The molecule has 1 atom stereocenters. The number of nitrogens with zero attached hydrogens (tertiary/aromatic N) is 3. The molecule has 7 heteroatoms. The zero-order chi connectivity index (χ0) is 20.9. The number of aromatic nitrogens is 1. The van der Waals surface area contributed by atoms with E-state index in [1.165, 1.54) is 0 Å². The van der Waals surface area contributed by atoms with E-state index in [1.807, 2.05) is 67.5 Å². The maximum Gasteiger partial charge on any atom is 0.257 e. The molecule has 2 aliphatic rings. The summed E-state index contributed by atoms with van der Waals surface area (Å²) in [6.07, 6.45) is 10.9. The summed E-state index contributed by atoms with van der Waals surface area (Å²) in [7, 11) is 1.98. The zero-order valence-corrected chi connectivity index (χ0v) is 17.1. The molecule has 4 rings (SSSR count). The Hall–Kier alpha value is -3.45. The van der Waals surface area contributed by atoms with Crippen molar-refractivity contribution in [3.63, 3.8) is 0 Å². The van der Waals surface area contributed by atoms with Crippen molar-refractivity contribution in [2.45, 2.75) is 18.9 Å². The molecule has 1 unspecified atom stereocenters. The molecule has 2 aromatic rings. The van der Waals surface area contributed by atoms with Crippen LogP contribution in [-0.4, -0.2) is 41.9 Å². The number of carbonyl (C=O) groups is 1. The van der Waals surface area contributed by atoms with E-state index in [0.29, 0.717) is 24.7 Å². The van der Waals surface area contributed by atoms with Gasteiger partial charge in [-0.1, -0.05) is 30.7 Å². The van der Waals surface area contributed by atoms with E-state index in [0.717, 1.165) is 22.5 Å². The Kier molecular flexibility index (Phi) is 5.90. The SMILES string of the molecule is CC([N-]C=CNC1=C[N+](C)=C1)c1cccc(NC(=O)c2cncc(C3COC3)c2)c1. The fourth-order valence-electron chi connectivity index (χ4n) is 3.21. The summed E-state index contributed by atoms with van der Waals surface area (Å²) >= 11 is 0. The van der Waals surface area contributed by atoms with E-state index in [9.17, 15) is 4.79 Å². The second kappa shape index (κ2) is 8.92. The fraction of sp³-hybridized carbons (Fsp3) is 0.261. The molecule has 3 heterocycles. The number of carbonyl (C=O) groups excluding carboxylic acids is 1. The number of hydrogen-bond donors (Lipinski definition) is 2. The van der Waals surface area contributed by atoms with Crippen LogP contribution in [0.5, 0.6) is 0 Å². The predicted molar refractivity (Wildman–Crippen MR) is 117 cm³/mol. The Morgan fingerprint density at radius 2 is 2.17 bits per heavy atom. The maximum absolute atomic E-state index is 12.7. The van der Waals surface area contributed by atoms with Crippen molar-refractivity contribution in [1.82, 2.24) is 10.3 Å². The first kappa shape index (κ1) is 19.8. The fourth-order valence-corrected chi connectivity index (χ4v) is 3.21. The minimum absolute atomic E-state index is 0.0365. The Morgan fingerprint density at radius 3 is 2.90 bits per heavy atom. The highest BCUT2D eigenvalue weighted by atomic mass is 16.5. The highest BCUT2D eigenvalue weighted by molar-refractivity contribution is 6.04. The average Bonchev–Trinajstić information content (AvgIpc) is 2.68. The van der Waals surface area contributed by atoms with Gasteiger partial charge in [0, 0.05) is 24.0 Å². The largest absolute Gasteiger partial charge is 0.683 e. The van der Waals surface area contributed by atoms with Gasteiger partial charge < -0.3 is 20.7 Å². The van der Waals surface area contributed by atoms with Crippen LogP contribution < -0.4 is 10.6 Å². The summed E-state index contributed by atoms with van der Waals surface area (Å²) in [4.78, 5) is 16.9. The van der Waals surface area contributed by atoms with Gasteiger partial charge in [0.05, 0.1) is 18.8 Å². The number of benzene rings is 1. The third-order valence-electron chi connectivity index (χ3n) is 5.08. The molecule has 0 bridgehead atoms. The Morgan fingerprint density at radius 1 is 1.33 bits per heavy atom. The summed E-state index contributed by atoms with van der Waals surface area (Å²) in [6, 6.07) is 9.59. The molecule has 0 aliphatic carbocycles. The molecule has 1 saturated heterocycles. The summed E-state index contributed by atoms with van der Waals surface area (Å²) in [5, 5.41) is 10.6. The molecular formula is C23H25N5O2. The van der Waals surface area contributed by atoms with E-state index >= 15 is 0 Å². The van der Waals surface area contributed by atoms with Crippen LogP contribution in [0, 0.1) is 0 Å². The van der Waals surface area contributed by atoms with Crippen molar-refractivity contribution in [2.75, 3.05) is 25.6 Å². The lowest BCUT2D eigenvalue weighted by molar-refractivity contribution is -0.429. The highest BCUT2D eigenvalue weighted by Gasteiger charge is 2.21. The van der Waals surface area contributed by atoms with Gasteiger partial charge in [0.25, 0.3) is 5.91 Å². The first-order valence-electron chi connectivity index (χ1n) is 9.92. The molecule has 2 aliphatic heterocycles. The summed E-state index contributed by atoms with van der Waals surface area (Å²) in [5.41, 5.74) is 4.38. The lowest BCUT2D eigenvalue weighted by Crippen LogP contribution is -2.25. The van der Waals surface area contributed by atoms with Crippen LogP contribution in [0.3, 0.4) is 0 Å². The van der Waals surface area contributed by atoms with Crippen LogP contribution >= 0.6 is 0 Å². The number of nitrogens with one attached hydrogen (secondary N) is 2. The number of amides is 1. The number of allylic oxidation sites excluding steroid dienone is 1. The number of rotatable bonds is 8. The topological polar surface area (TPSA) is 80.4 Å². The molecule has 0 spiro atoms. The number of hydrogen-bond acceptors (Lipinski definition) is 4. The number of anilines is 1. The van der Waals surface area contributed by atoms with Gasteiger partial charge in [0.15, 0.2) is 18.1 Å². The van der Waals surface area contributed by atoms with Gasteiger partial charge in [-0.15, -0.1) is 0 Å². The van der Waals surface area contributed by atoms with Gasteiger partial charge in [0.1, 0.15) is 7.05 Å². The maximum atomic E-state index is 12.7. The van der Waals surface area contributed by atoms with Crippen molar-refractivity contribution in [3.8, 4) is 0 Å². The van der Waals surface area contributed by atoms with E-state index in [2.05, 4.69) is 20.9 Å². The Labute approximate surface area is 176 Å². The highest BCUT2D eigenvalue weighted by Crippen LogP contribution is 2.26. The minimum Gasteiger partial charge on any atom is -0.683 e. The van der Waals surface area contributed by atoms with Gasteiger partial charge in [-0.05, 0) is 30.0 Å². The summed E-state index contributed by atoms with van der Waals surface area (Å²) in [5.74, 6) is 0.156. The van der Waals surface area contributed by atoms with Gasteiger partial charge in [-0.25, -0.2) is 4.58 Å². The predicted octanol–water partition coefficient (Wildman–Crippen LogP) is 3.51. The minimum atomic E-state index is -0.176. The Balaban J connectivity index is 1.34. The molecule has 7 nitrogen and oxygen atoms in total. The molecule has 154 valence electrons. The van der Waals surface area contributed by atoms with E-state index in [1.54, 1.807) is 18.6 Å². The first-order chi connectivity index (χ1) is 14.6. The summed E-state index contributed by atoms with van der Waals surface area (Å²) < 4.78 is 7.20. The Bertz CT molecular complexity index is 1020. The van der Waals surface area contributed by atoms with Crippen molar-refractivity contribution in [2.24, 2.45) is 0 Å². The molecular weight excluding hydrogens is 378 g/mol. The van der Waals surface area contributed by atoms with Crippen LogP contribution in [0.4, 0.5) is 5.69 Å². The second-order valence-electron chi connectivity index (χ2n) is 7.49. The smallest absolute Gasteiger partial charge is 0.257 e. The molecule has 0 radical (unpaired) electrons. The van der Waals surface area contributed by atoms with Crippen LogP contribution in [0.15, 0.2) is 67.0 Å². The summed E-state index contributed by atoms with van der Waals surface area (Å²) in [6.45, 7) is 3.39. The van der Waals surface area contributed by atoms with Gasteiger partial charge >= 0.3 is 0 Å². The van der Waals surface area contributed by atoms with Crippen LogP contribution in [0.1, 0.15) is 40.4 Å². The molecule has 1 aromatic heterocycles. The van der Waals surface area contributed by atoms with Crippen molar-refractivity contribution in [3.05, 3.63) is 89.0 Å². The quantitative estimate of drug-likeness (QED) is 0.661. The third kappa shape index (κ3) is 4.75. The molecule has 1 aromatic carbocycles. The van der Waals surface area contributed by atoms with Crippen LogP contribution in [0.25, 0.3) is 5.32 Å². The molecule has 2 N–H and O–H groups in total. The van der Waals surface area contributed by atoms with Gasteiger partial charge in [0.2, 0.25) is 0 Å². The van der Waals surface area contributed by atoms with Gasteiger partial charge in [-0.2, -0.15) is 6.20 Å². The number of ether oxygens (including phenoxy) is 1. The van der Waals surface area contributed by atoms with E-state index in [-0.39, 0.29) is 11.9 Å². The van der Waals surface area contributed by atoms with Crippen LogP contribution in [-0.2, 0) is 4.74 Å². The molecule has 1 fully saturated rings. The first-order valence-corrected chi connectivity index (χ1v) is 9.92. The van der Waals surface area contributed by atoms with Gasteiger partial charge in [-0.3, -0.25) is 9.78 Å². The standard InChI is InChI=1S/C23H25N5O2/c1-16(25-6-7-26-22-12-28(2)13-22)17-4-3-5-21(9-17)27-23(29)19-8-18(10-24-11-19)20-14-30-15-20/h3-13,16,20,26H,14-15H2,1-2H3,(H,27,29). The second-order valence-corrected chi connectivity index (χ2v) is 7.49. The van der Waals surface area contributed by atoms with E-state index < -0.39 is 0 Å². The monoisotopic (exact) mass is 403 g/mol. The van der Waals surface area contributed by atoms with E-state index in [4.69, 9.17) is 4.74 Å². The lowest BCUT2D eigenvalue weighted by Gasteiger charge is -2.26. The van der Waals surface area contributed by atoms with Crippen molar-refractivity contribution in [1.29, 1.82) is 0 Å². The molecule has 1 amide bonds. The van der Waals surface area contributed by atoms with Crippen LogP contribution in [0.2, 0.25) is 0 Å². The molecule has 0 saturated carbocycles. The number of pyridine rings is 1. The third-order valence-corrected chi connectivity index (χ3v) is 5.08. The normalized spacial score (nSPS) is 16.7.